The molecule has 0 atom stereocenters. The van der Waals surface area contributed by atoms with Gasteiger partial charge in [0.25, 0.3) is 0 Å². The third-order valence-electron chi connectivity index (χ3n) is 2.95. The fourth-order valence-electron chi connectivity index (χ4n) is 1.95. The average molecular weight is 270 g/mol. The molecule has 3 nitrogen and oxygen atoms in total. The van der Waals surface area contributed by atoms with Gasteiger partial charge in [-0.2, -0.15) is 0 Å². The third kappa shape index (κ3) is 3.12. The number of hydrogen-bond acceptors (Lipinski definition) is 3. The Morgan fingerprint density at radius 1 is 0.700 bits per heavy atom. The van der Waals surface area contributed by atoms with E-state index in [1.54, 1.807) is 21.3 Å². The molecule has 0 bridgehead atoms. The van der Waals surface area contributed by atoms with E-state index in [4.69, 9.17) is 14.2 Å². The molecule has 0 aromatic heterocycles. The van der Waals surface area contributed by atoms with Crippen molar-refractivity contribution in [3.63, 3.8) is 0 Å². The van der Waals surface area contributed by atoms with E-state index in [1.165, 1.54) is 0 Å². The molecule has 0 unspecified atom stereocenters. The third-order valence-corrected chi connectivity index (χ3v) is 2.95. The molecular weight excluding hydrogens is 252 g/mol. The second kappa shape index (κ2) is 6.66. The van der Waals surface area contributed by atoms with Gasteiger partial charge >= 0.3 is 0 Å². The molecule has 104 valence electrons. The molecular formula is C17H18O3. The van der Waals surface area contributed by atoms with Crippen molar-refractivity contribution in [1.82, 2.24) is 0 Å². The molecule has 0 saturated carbocycles. The molecule has 20 heavy (non-hydrogen) atoms. The van der Waals surface area contributed by atoms with E-state index in [0.29, 0.717) is 17.2 Å². The molecule has 3 heteroatoms. The molecule has 0 aliphatic carbocycles. The molecule has 0 saturated heterocycles. The highest BCUT2D eigenvalue weighted by atomic mass is 16.5. The van der Waals surface area contributed by atoms with Crippen LogP contribution in [0.5, 0.6) is 17.2 Å². The van der Waals surface area contributed by atoms with Gasteiger partial charge in [0, 0.05) is 0 Å². The fourth-order valence-corrected chi connectivity index (χ4v) is 1.95. The van der Waals surface area contributed by atoms with E-state index < -0.39 is 0 Å². The van der Waals surface area contributed by atoms with Crippen molar-refractivity contribution in [2.24, 2.45) is 0 Å². The van der Waals surface area contributed by atoms with Crippen LogP contribution in [0.4, 0.5) is 0 Å². The van der Waals surface area contributed by atoms with Crippen LogP contribution in [0.25, 0.3) is 12.2 Å². The predicted molar refractivity (Wildman–Crippen MR) is 81.5 cm³/mol. The lowest BCUT2D eigenvalue weighted by Gasteiger charge is -2.12. The van der Waals surface area contributed by atoms with Crippen molar-refractivity contribution < 1.29 is 14.2 Å². The minimum atomic E-state index is 0.604. The molecule has 0 aliphatic rings. The summed E-state index contributed by atoms with van der Waals surface area (Å²) in [6.07, 6.45) is 4.06. The van der Waals surface area contributed by atoms with Gasteiger partial charge in [-0.15, -0.1) is 0 Å². The van der Waals surface area contributed by atoms with Crippen LogP contribution in [0.2, 0.25) is 0 Å². The Balaban J connectivity index is 2.35. The lowest BCUT2D eigenvalue weighted by Crippen LogP contribution is -1.95. The normalized spacial score (nSPS) is 10.6. The van der Waals surface area contributed by atoms with E-state index in [0.717, 1.165) is 11.1 Å². The van der Waals surface area contributed by atoms with Crippen LogP contribution in [0.3, 0.4) is 0 Å². The second-order valence-electron chi connectivity index (χ2n) is 4.20. The first kappa shape index (κ1) is 14.0. The summed E-state index contributed by atoms with van der Waals surface area (Å²) in [7, 11) is 4.82. The maximum absolute atomic E-state index is 5.33. The van der Waals surface area contributed by atoms with Crippen molar-refractivity contribution in [3.8, 4) is 17.2 Å². The fraction of sp³-hybridized carbons (Fsp3) is 0.176. The Kier molecular flexibility index (Phi) is 4.66. The van der Waals surface area contributed by atoms with Crippen molar-refractivity contribution in [1.29, 1.82) is 0 Å². The molecule has 0 fully saturated rings. The Bertz CT molecular complexity index is 563. The van der Waals surface area contributed by atoms with E-state index in [2.05, 4.69) is 12.1 Å². The van der Waals surface area contributed by atoms with Gasteiger partial charge in [-0.05, 0) is 23.3 Å². The second-order valence-corrected chi connectivity index (χ2v) is 4.20. The van der Waals surface area contributed by atoms with Gasteiger partial charge in [-0.25, -0.2) is 0 Å². The topological polar surface area (TPSA) is 27.7 Å². The van der Waals surface area contributed by atoms with Crippen molar-refractivity contribution in [3.05, 3.63) is 53.6 Å². The largest absolute Gasteiger partial charge is 0.493 e. The van der Waals surface area contributed by atoms with Gasteiger partial charge in [0.2, 0.25) is 5.75 Å². The monoisotopic (exact) mass is 270 g/mol. The Labute approximate surface area is 119 Å². The van der Waals surface area contributed by atoms with E-state index in [-0.39, 0.29) is 0 Å². The summed E-state index contributed by atoms with van der Waals surface area (Å²) in [6, 6.07) is 13.9. The van der Waals surface area contributed by atoms with Gasteiger partial charge in [0.15, 0.2) is 11.5 Å². The molecule has 2 rings (SSSR count). The first-order chi connectivity index (χ1) is 9.78. The van der Waals surface area contributed by atoms with Gasteiger partial charge < -0.3 is 14.2 Å². The molecule has 0 N–H and O–H groups in total. The summed E-state index contributed by atoms with van der Waals surface area (Å²) in [5.74, 6) is 1.91. The molecule has 0 amide bonds. The van der Waals surface area contributed by atoms with Gasteiger partial charge in [-0.3, -0.25) is 0 Å². The van der Waals surface area contributed by atoms with Crippen LogP contribution in [0.15, 0.2) is 42.5 Å². The minimum Gasteiger partial charge on any atom is -0.493 e. The van der Waals surface area contributed by atoms with Crippen LogP contribution in [0, 0.1) is 0 Å². The maximum atomic E-state index is 5.33. The number of benzene rings is 2. The Morgan fingerprint density at radius 3 is 1.75 bits per heavy atom. The number of ether oxygens (including phenoxy) is 3. The first-order valence-electron chi connectivity index (χ1n) is 6.31. The molecule has 0 spiro atoms. The zero-order valence-corrected chi connectivity index (χ0v) is 11.9. The molecule has 0 aliphatic heterocycles. The summed E-state index contributed by atoms with van der Waals surface area (Å²) in [4.78, 5) is 0. The average Bonchev–Trinajstić information content (AvgIpc) is 2.52. The molecule has 2 aromatic rings. The zero-order valence-electron chi connectivity index (χ0n) is 11.9. The first-order valence-corrected chi connectivity index (χ1v) is 6.31. The van der Waals surface area contributed by atoms with Crippen molar-refractivity contribution >= 4 is 12.2 Å². The smallest absolute Gasteiger partial charge is 0.203 e. The van der Waals surface area contributed by atoms with Gasteiger partial charge in [0.1, 0.15) is 0 Å². The van der Waals surface area contributed by atoms with E-state index in [1.807, 2.05) is 42.5 Å². The maximum Gasteiger partial charge on any atom is 0.203 e. The Hall–Kier alpha value is -2.42. The van der Waals surface area contributed by atoms with Crippen LogP contribution in [-0.4, -0.2) is 21.3 Å². The van der Waals surface area contributed by atoms with Crippen LogP contribution in [-0.2, 0) is 0 Å². The minimum absolute atomic E-state index is 0.604. The highest BCUT2D eigenvalue weighted by Gasteiger charge is 2.11. The number of hydrogen-bond donors (Lipinski definition) is 0. The van der Waals surface area contributed by atoms with Crippen LogP contribution >= 0.6 is 0 Å². The Morgan fingerprint density at radius 2 is 1.25 bits per heavy atom. The van der Waals surface area contributed by atoms with Gasteiger partial charge in [0.05, 0.1) is 21.3 Å². The van der Waals surface area contributed by atoms with Crippen LogP contribution < -0.4 is 14.2 Å². The summed E-state index contributed by atoms with van der Waals surface area (Å²) in [5.41, 5.74) is 2.13. The SMILES string of the molecule is COc1cc(C=Cc2ccccc2)cc(OC)c1OC. The molecule has 2 aromatic carbocycles. The summed E-state index contributed by atoms with van der Waals surface area (Å²) >= 11 is 0. The van der Waals surface area contributed by atoms with E-state index in [9.17, 15) is 0 Å². The lowest BCUT2D eigenvalue weighted by molar-refractivity contribution is 0.324. The summed E-state index contributed by atoms with van der Waals surface area (Å²) < 4.78 is 16.0. The predicted octanol–water partition coefficient (Wildman–Crippen LogP) is 3.88. The van der Waals surface area contributed by atoms with Gasteiger partial charge in [-0.1, -0.05) is 42.5 Å². The van der Waals surface area contributed by atoms with E-state index >= 15 is 0 Å². The van der Waals surface area contributed by atoms with Crippen molar-refractivity contribution in [2.75, 3.05) is 21.3 Å². The molecule has 0 heterocycles. The number of methoxy groups -OCH3 is 3. The number of rotatable bonds is 5. The molecule has 0 radical (unpaired) electrons. The quantitative estimate of drug-likeness (QED) is 0.772. The summed E-state index contributed by atoms with van der Waals surface area (Å²) in [5, 5.41) is 0. The zero-order chi connectivity index (χ0) is 14.4. The highest BCUT2D eigenvalue weighted by Crippen LogP contribution is 2.38. The summed E-state index contributed by atoms with van der Waals surface area (Å²) in [6.45, 7) is 0. The lowest BCUT2D eigenvalue weighted by atomic mass is 10.1. The van der Waals surface area contributed by atoms with Crippen LogP contribution in [0.1, 0.15) is 11.1 Å². The standard InChI is InChI=1S/C17H18O3/c1-18-15-11-14(12-16(19-2)17(15)20-3)10-9-13-7-5-4-6-8-13/h4-12H,1-3H3. The highest BCUT2D eigenvalue weighted by molar-refractivity contribution is 5.72. The van der Waals surface area contributed by atoms with Crippen molar-refractivity contribution in [2.45, 2.75) is 0 Å².